The molecule has 0 spiro atoms. The number of rotatable bonds is 3. The zero-order valence-corrected chi connectivity index (χ0v) is 12.4. The fourth-order valence-corrected chi connectivity index (χ4v) is 2.04. The van der Waals surface area contributed by atoms with Crippen molar-refractivity contribution in [2.75, 3.05) is 0 Å². The maximum atomic E-state index is 12.4. The van der Waals surface area contributed by atoms with Crippen LogP contribution in [0, 0.1) is 13.8 Å². The number of carbonyl (C=O) groups excluding carboxylic acids is 1. The molecule has 0 aliphatic heterocycles. The minimum atomic E-state index is -0.503. The minimum absolute atomic E-state index is 0.0799. The van der Waals surface area contributed by atoms with Crippen LogP contribution in [0.15, 0.2) is 42.6 Å². The molecule has 1 N–H and O–H groups in total. The number of pyridine rings is 1. The lowest BCUT2D eigenvalue weighted by Gasteiger charge is -2.25. The van der Waals surface area contributed by atoms with Crippen LogP contribution >= 0.6 is 0 Å². The maximum absolute atomic E-state index is 12.4. The number of benzene rings is 1. The third kappa shape index (κ3) is 3.05. The Morgan fingerprint density at radius 1 is 1.10 bits per heavy atom. The van der Waals surface area contributed by atoms with E-state index in [0.29, 0.717) is 5.56 Å². The van der Waals surface area contributed by atoms with E-state index in [9.17, 15) is 4.79 Å². The molecule has 2 rings (SSSR count). The Bertz CT molecular complexity index is 618. The highest BCUT2D eigenvalue weighted by Gasteiger charge is 2.24. The summed E-state index contributed by atoms with van der Waals surface area (Å²) >= 11 is 0. The van der Waals surface area contributed by atoms with Gasteiger partial charge in [-0.25, -0.2) is 0 Å². The van der Waals surface area contributed by atoms with Crippen molar-refractivity contribution in [2.45, 2.75) is 33.2 Å². The zero-order valence-electron chi connectivity index (χ0n) is 12.4. The third-order valence-corrected chi connectivity index (χ3v) is 3.50. The molecule has 2 aromatic rings. The molecule has 3 nitrogen and oxygen atoms in total. The monoisotopic (exact) mass is 268 g/mol. The van der Waals surface area contributed by atoms with Crippen LogP contribution in [0.1, 0.15) is 41.0 Å². The van der Waals surface area contributed by atoms with Crippen LogP contribution in [0.2, 0.25) is 0 Å². The highest BCUT2D eigenvalue weighted by molar-refractivity contribution is 5.95. The number of nitrogens with one attached hydrogen (secondary N) is 1. The van der Waals surface area contributed by atoms with Gasteiger partial charge in [0.25, 0.3) is 5.91 Å². The van der Waals surface area contributed by atoms with E-state index in [1.807, 2.05) is 64.1 Å². The molecule has 0 aliphatic rings. The summed E-state index contributed by atoms with van der Waals surface area (Å²) < 4.78 is 0. The van der Waals surface area contributed by atoms with Crippen LogP contribution in [-0.4, -0.2) is 10.9 Å². The fraction of sp³-hybridized carbons (Fsp3) is 0.294. The molecule has 20 heavy (non-hydrogen) atoms. The number of aryl methyl sites for hydroxylation is 2. The average Bonchev–Trinajstić information content (AvgIpc) is 2.42. The molecule has 0 saturated heterocycles. The molecule has 1 aromatic heterocycles. The Morgan fingerprint density at radius 3 is 2.45 bits per heavy atom. The number of nitrogens with zero attached hydrogens (tertiary/aromatic N) is 1. The van der Waals surface area contributed by atoms with Gasteiger partial charge < -0.3 is 5.32 Å². The minimum Gasteiger partial charge on any atom is -0.342 e. The predicted octanol–water partition coefficient (Wildman–Crippen LogP) is 3.36. The highest BCUT2D eigenvalue weighted by atomic mass is 16.1. The van der Waals surface area contributed by atoms with Gasteiger partial charge in [0.2, 0.25) is 0 Å². The van der Waals surface area contributed by atoms with Gasteiger partial charge in [-0.2, -0.15) is 0 Å². The summed E-state index contributed by atoms with van der Waals surface area (Å²) in [5.41, 5.74) is 3.32. The molecule has 0 fully saturated rings. The SMILES string of the molecule is Cc1ccc(C(=O)NC(C)(C)c2ccccn2)cc1C. The topological polar surface area (TPSA) is 42.0 Å². The van der Waals surface area contributed by atoms with Crippen LogP contribution in [0.5, 0.6) is 0 Å². The number of hydrogen-bond acceptors (Lipinski definition) is 2. The van der Waals surface area contributed by atoms with E-state index in [4.69, 9.17) is 0 Å². The highest BCUT2D eigenvalue weighted by Crippen LogP contribution is 2.18. The second-order valence-corrected chi connectivity index (χ2v) is 5.59. The molecule has 0 bridgehead atoms. The van der Waals surface area contributed by atoms with Gasteiger partial charge in [0, 0.05) is 11.8 Å². The summed E-state index contributed by atoms with van der Waals surface area (Å²) in [6.45, 7) is 7.95. The van der Waals surface area contributed by atoms with Gasteiger partial charge in [-0.05, 0) is 63.1 Å². The van der Waals surface area contributed by atoms with E-state index >= 15 is 0 Å². The van der Waals surface area contributed by atoms with E-state index in [1.165, 1.54) is 5.56 Å². The Morgan fingerprint density at radius 2 is 1.85 bits per heavy atom. The average molecular weight is 268 g/mol. The quantitative estimate of drug-likeness (QED) is 0.927. The predicted molar refractivity (Wildman–Crippen MR) is 80.6 cm³/mol. The van der Waals surface area contributed by atoms with Crippen LogP contribution < -0.4 is 5.32 Å². The van der Waals surface area contributed by atoms with Crippen LogP contribution in [0.25, 0.3) is 0 Å². The van der Waals surface area contributed by atoms with Crippen molar-refractivity contribution in [3.63, 3.8) is 0 Å². The molecule has 104 valence electrons. The Kier molecular flexibility index (Phi) is 3.89. The first kappa shape index (κ1) is 14.3. The van der Waals surface area contributed by atoms with Gasteiger partial charge in [0.1, 0.15) is 0 Å². The Balaban J connectivity index is 2.20. The van der Waals surface area contributed by atoms with E-state index in [-0.39, 0.29) is 5.91 Å². The van der Waals surface area contributed by atoms with Crippen molar-refractivity contribution in [3.8, 4) is 0 Å². The van der Waals surface area contributed by atoms with Crippen LogP contribution in [0.3, 0.4) is 0 Å². The van der Waals surface area contributed by atoms with Gasteiger partial charge in [0.05, 0.1) is 11.2 Å². The third-order valence-electron chi connectivity index (χ3n) is 3.50. The number of carbonyl (C=O) groups is 1. The van der Waals surface area contributed by atoms with E-state index < -0.39 is 5.54 Å². The first-order valence-electron chi connectivity index (χ1n) is 6.71. The van der Waals surface area contributed by atoms with Gasteiger partial charge in [-0.3, -0.25) is 9.78 Å². The molecule has 1 heterocycles. The fourth-order valence-electron chi connectivity index (χ4n) is 2.04. The first-order chi connectivity index (χ1) is 9.40. The Labute approximate surface area is 120 Å². The largest absolute Gasteiger partial charge is 0.342 e. The number of amides is 1. The molecule has 0 radical (unpaired) electrons. The van der Waals surface area contributed by atoms with Gasteiger partial charge >= 0.3 is 0 Å². The van der Waals surface area contributed by atoms with Crippen molar-refractivity contribution in [2.24, 2.45) is 0 Å². The lowest BCUT2D eigenvalue weighted by Crippen LogP contribution is -2.41. The van der Waals surface area contributed by atoms with E-state index in [2.05, 4.69) is 10.3 Å². The van der Waals surface area contributed by atoms with Gasteiger partial charge in [0.15, 0.2) is 0 Å². The van der Waals surface area contributed by atoms with Crippen molar-refractivity contribution < 1.29 is 4.79 Å². The Hall–Kier alpha value is -2.16. The summed E-state index contributed by atoms with van der Waals surface area (Å²) in [5, 5.41) is 3.03. The standard InChI is InChI=1S/C17H20N2O/c1-12-8-9-14(11-13(12)2)16(20)19-17(3,4)15-7-5-6-10-18-15/h5-11H,1-4H3,(H,19,20). The molecular formula is C17H20N2O. The number of aromatic nitrogens is 1. The lowest BCUT2D eigenvalue weighted by atomic mass is 9.98. The molecule has 3 heteroatoms. The van der Waals surface area contributed by atoms with Crippen molar-refractivity contribution in [3.05, 3.63) is 65.0 Å². The molecule has 0 saturated carbocycles. The lowest BCUT2D eigenvalue weighted by molar-refractivity contribution is 0.0910. The van der Waals surface area contributed by atoms with Crippen LogP contribution in [0.4, 0.5) is 0 Å². The van der Waals surface area contributed by atoms with E-state index in [1.54, 1.807) is 6.20 Å². The normalized spacial score (nSPS) is 11.2. The van der Waals surface area contributed by atoms with Gasteiger partial charge in [-0.1, -0.05) is 12.1 Å². The summed E-state index contributed by atoms with van der Waals surface area (Å²) in [6, 6.07) is 11.4. The molecule has 1 amide bonds. The molecule has 1 aromatic carbocycles. The van der Waals surface area contributed by atoms with Crippen molar-refractivity contribution in [1.29, 1.82) is 0 Å². The van der Waals surface area contributed by atoms with Crippen LogP contribution in [-0.2, 0) is 5.54 Å². The summed E-state index contributed by atoms with van der Waals surface area (Å²) in [7, 11) is 0. The summed E-state index contributed by atoms with van der Waals surface area (Å²) in [4.78, 5) is 16.7. The molecule has 0 unspecified atom stereocenters. The second-order valence-electron chi connectivity index (χ2n) is 5.59. The second kappa shape index (κ2) is 5.45. The van der Waals surface area contributed by atoms with Crippen molar-refractivity contribution >= 4 is 5.91 Å². The zero-order chi connectivity index (χ0) is 14.8. The molecule has 0 atom stereocenters. The number of hydrogen-bond donors (Lipinski definition) is 1. The maximum Gasteiger partial charge on any atom is 0.252 e. The summed E-state index contributed by atoms with van der Waals surface area (Å²) in [6.07, 6.45) is 1.74. The van der Waals surface area contributed by atoms with Gasteiger partial charge in [-0.15, -0.1) is 0 Å². The smallest absolute Gasteiger partial charge is 0.252 e. The van der Waals surface area contributed by atoms with E-state index in [0.717, 1.165) is 11.3 Å². The first-order valence-corrected chi connectivity index (χ1v) is 6.71. The molecular weight excluding hydrogens is 248 g/mol. The summed E-state index contributed by atoms with van der Waals surface area (Å²) in [5.74, 6) is -0.0799. The van der Waals surface area contributed by atoms with Crippen molar-refractivity contribution in [1.82, 2.24) is 10.3 Å². The molecule has 0 aliphatic carbocycles.